The van der Waals surface area contributed by atoms with Crippen LogP contribution in [0.1, 0.15) is 53.1 Å². The number of carbonyl (C=O) groups is 1. The smallest absolute Gasteiger partial charge is 0.163 e. The summed E-state index contributed by atoms with van der Waals surface area (Å²) in [6.45, 7) is 1.86. The van der Waals surface area contributed by atoms with Crippen molar-refractivity contribution >= 4 is 5.78 Å². The third-order valence-corrected chi connectivity index (χ3v) is 7.25. The van der Waals surface area contributed by atoms with Crippen LogP contribution < -0.4 is 14.2 Å². The Balaban J connectivity index is 1.35. The van der Waals surface area contributed by atoms with Gasteiger partial charge in [0, 0.05) is 17.5 Å². The quantitative estimate of drug-likeness (QED) is 0.234. The lowest BCUT2D eigenvalue weighted by Crippen LogP contribution is -2.30. The highest BCUT2D eigenvalue weighted by Gasteiger charge is 2.46. The molecule has 208 valence electrons. The Morgan fingerprint density at radius 3 is 2.52 bits per heavy atom. The molecule has 2 aromatic carbocycles. The summed E-state index contributed by atoms with van der Waals surface area (Å²) in [4.78, 5) is 22.1. The molecule has 10 heteroatoms. The number of hydrogen-bond acceptors (Lipinski definition) is 8. The molecule has 1 saturated carbocycles. The minimum absolute atomic E-state index is 0.00889. The van der Waals surface area contributed by atoms with Gasteiger partial charge in [-0.25, -0.2) is 14.4 Å². The molecule has 1 unspecified atom stereocenters. The molecule has 1 atom stereocenters. The van der Waals surface area contributed by atoms with E-state index >= 15 is 0 Å². The molecule has 1 aliphatic rings. The lowest BCUT2D eigenvalue weighted by molar-refractivity contribution is -0.00110. The second kappa shape index (κ2) is 11.4. The lowest BCUT2D eigenvalue weighted by Gasteiger charge is -2.28. The van der Waals surface area contributed by atoms with Gasteiger partial charge in [0.1, 0.15) is 35.8 Å². The third-order valence-electron chi connectivity index (χ3n) is 7.25. The summed E-state index contributed by atoms with van der Waals surface area (Å²) in [6.07, 6.45) is 3.38. The first-order valence-electron chi connectivity index (χ1n) is 13.0. The maximum Gasteiger partial charge on any atom is 0.163 e. The highest BCUT2D eigenvalue weighted by atomic mass is 19.1. The molecule has 5 rings (SSSR count). The number of ketones is 1. The first-order valence-corrected chi connectivity index (χ1v) is 13.0. The number of aromatic nitrogens is 4. The topological polar surface area (TPSA) is 119 Å². The number of aliphatic hydroxyl groups is 1. The molecular weight excluding hydrogens is 515 g/mol. The fourth-order valence-corrected chi connectivity index (χ4v) is 4.81. The minimum Gasteiger partial charge on any atom is -0.494 e. The number of nitrogens with one attached hydrogen (secondary N) is 1. The summed E-state index contributed by atoms with van der Waals surface area (Å²) in [7, 11) is 3.05. The Kier molecular flexibility index (Phi) is 7.79. The van der Waals surface area contributed by atoms with Gasteiger partial charge in [0.2, 0.25) is 0 Å². The van der Waals surface area contributed by atoms with Gasteiger partial charge < -0.3 is 19.3 Å². The number of aromatic amines is 1. The second-order valence-corrected chi connectivity index (χ2v) is 9.92. The largest absolute Gasteiger partial charge is 0.494 e. The number of carbonyl (C=O) groups excluding carboxylic acids is 1. The van der Waals surface area contributed by atoms with Gasteiger partial charge in [-0.3, -0.25) is 9.89 Å². The number of halogens is 1. The first-order chi connectivity index (χ1) is 19.3. The zero-order valence-electron chi connectivity index (χ0n) is 22.6. The molecule has 0 aliphatic heterocycles. The van der Waals surface area contributed by atoms with Crippen LogP contribution in [-0.4, -0.2) is 45.3 Å². The molecule has 0 amide bonds. The van der Waals surface area contributed by atoms with E-state index in [2.05, 4.69) is 15.2 Å². The molecule has 0 spiro atoms. The van der Waals surface area contributed by atoms with Gasteiger partial charge in [-0.05, 0) is 86.2 Å². The number of Topliss-reactive ketones (excluding diaryl/α,β-unsaturated/α-hetero) is 1. The van der Waals surface area contributed by atoms with Crippen molar-refractivity contribution in [1.82, 2.24) is 20.2 Å². The van der Waals surface area contributed by atoms with Gasteiger partial charge in [-0.15, -0.1) is 0 Å². The van der Waals surface area contributed by atoms with Crippen LogP contribution in [0.3, 0.4) is 0 Å². The van der Waals surface area contributed by atoms with Crippen LogP contribution in [0.5, 0.6) is 17.2 Å². The number of benzene rings is 2. The number of rotatable bonds is 12. The van der Waals surface area contributed by atoms with Gasteiger partial charge in [-0.1, -0.05) is 0 Å². The fraction of sp³-hybridized carbons (Fsp3) is 0.333. The van der Waals surface area contributed by atoms with Crippen molar-refractivity contribution in [1.29, 1.82) is 0 Å². The molecule has 9 nitrogen and oxygen atoms in total. The Bertz CT molecular complexity index is 1510. The number of pyridine rings is 1. The Labute approximate surface area is 231 Å². The summed E-state index contributed by atoms with van der Waals surface area (Å²) >= 11 is 0. The van der Waals surface area contributed by atoms with Crippen molar-refractivity contribution in [2.45, 2.75) is 44.8 Å². The standard InChI is InChI=1S/C30H31FN4O5/c1-18-14-20(4-8-22(18)31)29-25(38-2)10-11-27(34-29)30(37,21-6-7-21)13-12-23(36)19-5-9-24(26(15-19)39-3)40-16-28-32-17-33-35-28/h4-5,8-11,14-15,17,21,37H,6-7,12-13,16H2,1-3H3,(H,32,33,35). The second-order valence-electron chi connectivity index (χ2n) is 9.92. The van der Waals surface area contributed by atoms with E-state index in [1.54, 1.807) is 56.5 Å². The number of hydrogen-bond donors (Lipinski definition) is 2. The summed E-state index contributed by atoms with van der Waals surface area (Å²) < 4.78 is 30.6. The lowest BCUT2D eigenvalue weighted by atomic mass is 9.86. The van der Waals surface area contributed by atoms with Gasteiger partial charge in [0.15, 0.2) is 23.1 Å². The molecule has 1 aliphatic carbocycles. The third kappa shape index (κ3) is 5.67. The summed E-state index contributed by atoms with van der Waals surface area (Å²) in [6, 6.07) is 13.2. The fourth-order valence-electron chi connectivity index (χ4n) is 4.81. The van der Waals surface area contributed by atoms with Gasteiger partial charge in [-0.2, -0.15) is 5.10 Å². The van der Waals surface area contributed by atoms with Crippen molar-refractivity contribution in [2.24, 2.45) is 5.92 Å². The molecule has 0 bridgehead atoms. The minimum atomic E-state index is -1.30. The van der Waals surface area contributed by atoms with Crippen molar-refractivity contribution in [3.63, 3.8) is 0 Å². The zero-order chi connectivity index (χ0) is 28.3. The van der Waals surface area contributed by atoms with Crippen LogP contribution in [0, 0.1) is 18.7 Å². The number of methoxy groups -OCH3 is 2. The van der Waals surface area contributed by atoms with Crippen LogP contribution in [0.4, 0.5) is 4.39 Å². The molecule has 2 heterocycles. The van der Waals surface area contributed by atoms with Crippen LogP contribution in [0.25, 0.3) is 11.3 Å². The number of nitrogens with zero attached hydrogens (tertiary/aromatic N) is 3. The number of ether oxygens (including phenoxy) is 3. The molecule has 40 heavy (non-hydrogen) atoms. The molecular formula is C30H31FN4O5. The van der Waals surface area contributed by atoms with Gasteiger partial charge in [0.25, 0.3) is 0 Å². The van der Waals surface area contributed by atoms with E-state index in [9.17, 15) is 14.3 Å². The molecule has 0 saturated heterocycles. The number of H-pyrrole nitrogens is 1. The molecule has 4 aromatic rings. The van der Waals surface area contributed by atoms with E-state index < -0.39 is 5.60 Å². The highest BCUT2D eigenvalue weighted by Crippen LogP contribution is 2.49. The van der Waals surface area contributed by atoms with Gasteiger partial charge >= 0.3 is 0 Å². The summed E-state index contributed by atoms with van der Waals surface area (Å²) in [5, 5.41) is 18.4. The average molecular weight is 547 g/mol. The van der Waals surface area contributed by atoms with Crippen molar-refractivity contribution in [3.05, 3.63) is 83.3 Å². The first kappa shape index (κ1) is 27.3. The maximum absolute atomic E-state index is 13.9. The van der Waals surface area contributed by atoms with Crippen molar-refractivity contribution in [2.75, 3.05) is 14.2 Å². The Morgan fingerprint density at radius 1 is 1.07 bits per heavy atom. The van der Waals surface area contributed by atoms with Crippen LogP contribution in [0.15, 0.2) is 54.9 Å². The maximum atomic E-state index is 13.9. The van der Waals surface area contributed by atoms with E-state index in [1.807, 2.05) is 0 Å². The SMILES string of the molecule is COc1cc(C(=O)CCC(O)(c2ccc(OC)c(-c3ccc(F)c(C)c3)n2)C2CC2)ccc1OCc1ncn[nH]1. The van der Waals surface area contributed by atoms with E-state index in [0.717, 1.165) is 12.8 Å². The van der Waals surface area contributed by atoms with Crippen LogP contribution >= 0.6 is 0 Å². The average Bonchev–Trinajstić information content (AvgIpc) is 3.71. The molecule has 2 N–H and O–H groups in total. The van der Waals surface area contributed by atoms with E-state index in [-0.39, 0.29) is 37.0 Å². The van der Waals surface area contributed by atoms with Crippen molar-refractivity contribution < 1.29 is 28.5 Å². The summed E-state index contributed by atoms with van der Waals surface area (Å²) in [5.41, 5.74) is 1.31. The van der Waals surface area contributed by atoms with Gasteiger partial charge in [0.05, 0.1) is 19.9 Å². The van der Waals surface area contributed by atoms with Crippen molar-refractivity contribution in [3.8, 4) is 28.5 Å². The van der Waals surface area contributed by atoms with Crippen LogP contribution in [0.2, 0.25) is 0 Å². The molecule has 0 radical (unpaired) electrons. The van der Waals surface area contributed by atoms with E-state index in [0.29, 0.717) is 51.2 Å². The molecule has 2 aromatic heterocycles. The monoisotopic (exact) mass is 546 g/mol. The van der Waals surface area contributed by atoms with E-state index in [1.165, 1.54) is 19.5 Å². The summed E-state index contributed by atoms with van der Waals surface area (Å²) in [5.74, 6) is 1.51. The Morgan fingerprint density at radius 2 is 1.85 bits per heavy atom. The normalized spacial score (nSPS) is 14.4. The zero-order valence-corrected chi connectivity index (χ0v) is 22.6. The molecule has 1 fully saturated rings. The highest BCUT2D eigenvalue weighted by molar-refractivity contribution is 5.96. The predicted molar refractivity (Wildman–Crippen MR) is 145 cm³/mol. The number of aryl methyl sites for hydroxylation is 1. The Hall–Kier alpha value is -4.31. The van der Waals surface area contributed by atoms with Crippen LogP contribution in [-0.2, 0) is 12.2 Å². The predicted octanol–water partition coefficient (Wildman–Crippen LogP) is 5.17. The van der Waals surface area contributed by atoms with E-state index in [4.69, 9.17) is 19.2 Å².